The average molecular weight is 642 g/mol. The lowest BCUT2D eigenvalue weighted by atomic mass is 9.66. The third-order valence-electron chi connectivity index (χ3n) is 6.58. The second-order valence-electron chi connectivity index (χ2n) is 8.85. The van der Waals surface area contributed by atoms with Gasteiger partial charge in [0.05, 0.1) is 6.04 Å². The van der Waals surface area contributed by atoms with Crippen molar-refractivity contribution >= 4 is 66.6 Å². The van der Waals surface area contributed by atoms with Gasteiger partial charge < -0.3 is 5.32 Å². The monoisotopic (exact) mass is 640 g/mol. The van der Waals surface area contributed by atoms with E-state index in [1.54, 1.807) is 0 Å². The van der Waals surface area contributed by atoms with Crippen LogP contribution in [0.4, 0.5) is 4.79 Å². The van der Waals surface area contributed by atoms with E-state index >= 15 is 0 Å². The molecule has 0 aliphatic carbocycles. The first-order valence-electron chi connectivity index (χ1n) is 11.5. The second kappa shape index (κ2) is 10.4. The Labute approximate surface area is 235 Å². The first-order chi connectivity index (χ1) is 17.8. The summed E-state index contributed by atoms with van der Waals surface area (Å²) in [6, 6.07) is 20.4. The number of halogens is 2. The number of carbonyl (C=O) groups excluding carboxylic acids is 3. The highest BCUT2D eigenvalue weighted by molar-refractivity contribution is 9.10. The van der Waals surface area contributed by atoms with Crippen LogP contribution in [0.25, 0.3) is 0 Å². The minimum absolute atomic E-state index is 0.598. The number of amides is 4. The van der Waals surface area contributed by atoms with Crippen LogP contribution in [0.5, 0.6) is 0 Å². The number of carbonyl (C=O) groups is 3. The van der Waals surface area contributed by atoms with Crippen LogP contribution in [-0.2, 0) is 15.3 Å². The van der Waals surface area contributed by atoms with Gasteiger partial charge in [-0.3, -0.25) is 25.2 Å². The van der Waals surface area contributed by atoms with E-state index in [0.717, 1.165) is 14.5 Å². The molecule has 3 aromatic carbocycles. The third-order valence-corrected chi connectivity index (χ3v) is 8.52. The summed E-state index contributed by atoms with van der Waals surface area (Å²) < 4.78 is 1.58. The number of barbiturate groups is 1. The highest BCUT2D eigenvalue weighted by Gasteiger charge is 2.63. The Bertz CT molecular complexity index is 1420. The van der Waals surface area contributed by atoms with E-state index in [0.29, 0.717) is 22.0 Å². The van der Waals surface area contributed by atoms with E-state index < -0.39 is 35.3 Å². The van der Waals surface area contributed by atoms with Gasteiger partial charge in [0.25, 0.3) is 0 Å². The van der Waals surface area contributed by atoms with Gasteiger partial charge in [0.1, 0.15) is 6.04 Å². The Kier molecular flexibility index (Phi) is 7.24. The lowest BCUT2D eigenvalue weighted by Gasteiger charge is -2.47. The number of urea groups is 1. The number of imide groups is 2. The number of benzene rings is 3. The fourth-order valence-electron chi connectivity index (χ4n) is 4.75. The number of thioether (sulfide) groups is 1. The maximum atomic E-state index is 13.7. The van der Waals surface area contributed by atoms with Crippen LogP contribution in [0.1, 0.15) is 34.3 Å². The summed E-state index contributed by atoms with van der Waals surface area (Å²) >= 11 is 8.52. The maximum Gasteiger partial charge on any atom is 0.328 e. The molecule has 0 radical (unpaired) electrons. The molecule has 1 fully saturated rings. The van der Waals surface area contributed by atoms with Gasteiger partial charge in [-0.05, 0) is 53.4 Å². The number of aryl methyl sites for hydroxylation is 1. The largest absolute Gasteiger partial charge is 0.356 e. The number of hydrogen-bond donors (Lipinski definition) is 3. The fraction of sp³-hybridized carbons (Fsp3) is 0.185. The zero-order valence-electron chi connectivity index (χ0n) is 19.6. The molecule has 2 atom stereocenters. The normalized spacial score (nSPS) is 20.6. The smallest absolute Gasteiger partial charge is 0.328 e. The fourth-order valence-corrected chi connectivity index (χ4v) is 6.58. The topological polar surface area (TPSA) is 99.7 Å². The number of amidine groups is 1. The molecular formula is C27H22Br2N4O3S. The number of rotatable bonds is 4. The molecule has 5 rings (SSSR count). The quantitative estimate of drug-likeness (QED) is 0.325. The predicted molar refractivity (Wildman–Crippen MR) is 151 cm³/mol. The Morgan fingerprint density at radius 2 is 1.49 bits per heavy atom. The van der Waals surface area contributed by atoms with Crippen molar-refractivity contribution in [3.63, 3.8) is 0 Å². The maximum absolute atomic E-state index is 13.7. The zero-order valence-corrected chi connectivity index (χ0v) is 23.6. The Hall–Kier alpha value is -2.95. The molecule has 0 bridgehead atoms. The molecule has 10 heteroatoms. The minimum atomic E-state index is -1.76. The van der Waals surface area contributed by atoms with E-state index in [2.05, 4.69) is 66.9 Å². The van der Waals surface area contributed by atoms with Crippen LogP contribution < -0.4 is 16.0 Å². The second-order valence-corrected chi connectivity index (χ2v) is 11.6. The van der Waals surface area contributed by atoms with Gasteiger partial charge in [-0.1, -0.05) is 92.2 Å². The molecule has 0 aromatic heterocycles. The van der Waals surface area contributed by atoms with E-state index in [-0.39, 0.29) is 0 Å². The number of aliphatic imine (C=N–C) groups is 1. The van der Waals surface area contributed by atoms with E-state index in [4.69, 9.17) is 4.99 Å². The summed E-state index contributed by atoms with van der Waals surface area (Å²) in [6.45, 7) is 2.06. The van der Waals surface area contributed by atoms with Gasteiger partial charge in [0.2, 0.25) is 11.8 Å². The van der Waals surface area contributed by atoms with Crippen LogP contribution in [-0.4, -0.2) is 23.0 Å². The molecule has 37 heavy (non-hydrogen) atoms. The molecule has 2 aliphatic rings. The standard InChI is InChI=1S/C27H22Br2N4O3S/c1-15-6-2-3-7-18(15)14-37-26-30-21(16-8-4-10-19(28)12-16)27(23(34)32-25(36)33-24(27)35)22(31-26)17-9-5-11-20(29)13-17/h2-13,21-22H,14H2,1H3,(H,30,31)(H2,32,33,34,35,36). The van der Waals surface area contributed by atoms with Gasteiger partial charge in [0, 0.05) is 14.7 Å². The summed E-state index contributed by atoms with van der Waals surface area (Å²) in [4.78, 5) is 44.5. The summed E-state index contributed by atoms with van der Waals surface area (Å²) in [5, 5.41) is 8.64. The summed E-state index contributed by atoms with van der Waals surface area (Å²) in [5.41, 5.74) is 1.94. The molecule has 188 valence electrons. The Balaban J connectivity index is 1.68. The van der Waals surface area contributed by atoms with Gasteiger partial charge in [-0.15, -0.1) is 0 Å². The zero-order chi connectivity index (χ0) is 26.2. The van der Waals surface area contributed by atoms with Gasteiger partial charge in [-0.25, -0.2) is 4.79 Å². The van der Waals surface area contributed by atoms with E-state index in [1.165, 1.54) is 17.3 Å². The van der Waals surface area contributed by atoms with Crippen molar-refractivity contribution in [3.8, 4) is 0 Å². The van der Waals surface area contributed by atoms with Crippen LogP contribution in [0.2, 0.25) is 0 Å². The lowest BCUT2D eigenvalue weighted by Crippen LogP contribution is -2.69. The van der Waals surface area contributed by atoms with Crippen molar-refractivity contribution in [1.82, 2.24) is 16.0 Å². The number of nitrogens with zero attached hydrogens (tertiary/aromatic N) is 1. The molecule has 3 aromatic rings. The van der Waals surface area contributed by atoms with Crippen molar-refractivity contribution in [2.24, 2.45) is 10.4 Å². The summed E-state index contributed by atoms with van der Waals surface area (Å²) in [5.74, 6) is -0.746. The van der Waals surface area contributed by atoms with Gasteiger partial charge in [-0.2, -0.15) is 0 Å². The molecule has 0 saturated carbocycles. The summed E-state index contributed by atoms with van der Waals surface area (Å²) in [6.07, 6.45) is 0. The number of nitrogens with one attached hydrogen (secondary N) is 3. The Morgan fingerprint density at radius 3 is 2.14 bits per heavy atom. The molecule has 3 N–H and O–H groups in total. The highest BCUT2D eigenvalue weighted by atomic mass is 79.9. The van der Waals surface area contributed by atoms with Crippen molar-refractivity contribution in [2.75, 3.05) is 0 Å². The third kappa shape index (κ3) is 4.85. The molecule has 1 spiro atoms. The van der Waals surface area contributed by atoms with Gasteiger partial charge >= 0.3 is 6.03 Å². The SMILES string of the molecule is Cc1ccccc1CSC1=NC(c2cccc(Br)c2)C2(C(=O)NC(=O)NC2=O)C(c2cccc(Br)c2)N1. The Morgan fingerprint density at radius 1 is 0.865 bits per heavy atom. The summed E-state index contributed by atoms with van der Waals surface area (Å²) in [7, 11) is 0. The van der Waals surface area contributed by atoms with Crippen molar-refractivity contribution in [1.29, 1.82) is 0 Å². The molecule has 2 aliphatic heterocycles. The molecule has 7 nitrogen and oxygen atoms in total. The average Bonchev–Trinajstić information content (AvgIpc) is 2.86. The first kappa shape index (κ1) is 25.7. The van der Waals surface area contributed by atoms with Crippen LogP contribution in [0.3, 0.4) is 0 Å². The van der Waals surface area contributed by atoms with Crippen molar-refractivity contribution < 1.29 is 14.4 Å². The molecule has 2 heterocycles. The van der Waals surface area contributed by atoms with Crippen molar-refractivity contribution in [2.45, 2.75) is 24.8 Å². The van der Waals surface area contributed by atoms with Crippen molar-refractivity contribution in [3.05, 3.63) is 104 Å². The van der Waals surface area contributed by atoms with Gasteiger partial charge in [0.15, 0.2) is 10.6 Å². The first-order valence-corrected chi connectivity index (χ1v) is 14.1. The predicted octanol–water partition coefficient (Wildman–Crippen LogP) is 5.55. The number of hydrogen-bond acceptors (Lipinski definition) is 6. The van der Waals surface area contributed by atoms with Crippen LogP contribution in [0.15, 0.2) is 86.7 Å². The minimum Gasteiger partial charge on any atom is -0.356 e. The van der Waals surface area contributed by atoms with E-state index in [9.17, 15) is 14.4 Å². The van der Waals surface area contributed by atoms with E-state index in [1.807, 2.05) is 60.7 Å². The molecule has 4 amide bonds. The molecule has 1 saturated heterocycles. The molecule has 2 unspecified atom stereocenters. The molecular weight excluding hydrogens is 620 g/mol. The van der Waals surface area contributed by atoms with Crippen LogP contribution in [0, 0.1) is 12.3 Å². The highest BCUT2D eigenvalue weighted by Crippen LogP contribution is 2.51. The lowest BCUT2D eigenvalue weighted by molar-refractivity contribution is -0.149. The van der Waals surface area contributed by atoms with Crippen LogP contribution >= 0.6 is 43.6 Å².